The van der Waals surface area contributed by atoms with Gasteiger partial charge in [-0.05, 0) is 56.3 Å². The van der Waals surface area contributed by atoms with Crippen molar-refractivity contribution in [2.24, 2.45) is 0 Å². The molecule has 0 saturated carbocycles. The average Bonchev–Trinajstić information content (AvgIpc) is 3.15. The molecule has 0 spiro atoms. The highest BCUT2D eigenvalue weighted by molar-refractivity contribution is 5.96. The normalized spacial score (nSPS) is 11.0. The highest BCUT2D eigenvalue weighted by Crippen LogP contribution is 2.33. The molecule has 3 heteroatoms. The smallest absolute Gasteiger partial charge is 0.164 e. The first kappa shape index (κ1) is 27.4. The SMILES string of the molecule is c1ccc(-c2nc(-c3ccccc3)nc(-c3cccc(-c4cccc(-c5ccc(-c6cccc7ccccc67)cc5)c4)c3)n2)cc1. The van der Waals surface area contributed by atoms with Crippen molar-refractivity contribution >= 4 is 10.8 Å². The molecular formula is C43H29N3. The summed E-state index contributed by atoms with van der Waals surface area (Å²) < 4.78 is 0. The van der Waals surface area contributed by atoms with Gasteiger partial charge in [0, 0.05) is 16.7 Å². The fourth-order valence-electron chi connectivity index (χ4n) is 5.97. The Morgan fingerprint density at radius 2 is 0.674 bits per heavy atom. The van der Waals surface area contributed by atoms with E-state index in [1.54, 1.807) is 0 Å². The molecular weight excluding hydrogens is 558 g/mol. The zero-order chi connectivity index (χ0) is 30.7. The van der Waals surface area contributed by atoms with Crippen LogP contribution in [0.25, 0.3) is 78.3 Å². The van der Waals surface area contributed by atoms with Gasteiger partial charge in [-0.3, -0.25) is 0 Å². The lowest BCUT2D eigenvalue weighted by Crippen LogP contribution is -2.00. The van der Waals surface area contributed by atoms with Gasteiger partial charge in [0.1, 0.15) is 0 Å². The number of benzene rings is 7. The molecule has 8 rings (SSSR count). The van der Waals surface area contributed by atoms with Crippen LogP contribution in [0.15, 0.2) is 176 Å². The molecule has 0 N–H and O–H groups in total. The Morgan fingerprint density at radius 3 is 1.30 bits per heavy atom. The monoisotopic (exact) mass is 587 g/mol. The van der Waals surface area contributed by atoms with E-state index in [0.29, 0.717) is 17.5 Å². The van der Waals surface area contributed by atoms with Crippen molar-refractivity contribution in [2.75, 3.05) is 0 Å². The molecule has 3 nitrogen and oxygen atoms in total. The molecule has 0 aliphatic rings. The lowest BCUT2D eigenvalue weighted by Gasteiger charge is -2.11. The second kappa shape index (κ2) is 12.1. The van der Waals surface area contributed by atoms with Gasteiger partial charge in [-0.15, -0.1) is 0 Å². The molecule has 0 saturated heterocycles. The highest BCUT2D eigenvalue weighted by Gasteiger charge is 2.13. The molecule has 46 heavy (non-hydrogen) atoms. The van der Waals surface area contributed by atoms with Crippen molar-refractivity contribution in [2.45, 2.75) is 0 Å². The number of fused-ring (bicyclic) bond motifs is 1. The minimum atomic E-state index is 0.648. The maximum atomic E-state index is 4.93. The maximum absolute atomic E-state index is 4.93. The summed E-state index contributed by atoms with van der Waals surface area (Å²) in [7, 11) is 0. The molecule has 216 valence electrons. The Kier molecular flexibility index (Phi) is 7.18. The van der Waals surface area contributed by atoms with E-state index in [1.807, 2.05) is 60.7 Å². The second-order valence-corrected chi connectivity index (χ2v) is 11.3. The predicted molar refractivity (Wildman–Crippen MR) is 190 cm³/mol. The molecule has 0 amide bonds. The van der Waals surface area contributed by atoms with Crippen molar-refractivity contribution in [3.8, 4) is 67.5 Å². The summed E-state index contributed by atoms with van der Waals surface area (Å²) in [5, 5.41) is 2.52. The van der Waals surface area contributed by atoms with Gasteiger partial charge in [0.2, 0.25) is 0 Å². The van der Waals surface area contributed by atoms with Gasteiger partial charge in [-0.25, -0.2) is 15.0 Å². The Hall–Kier alpha value is -6.19. The zero-order valence-corrected chi connectivity index (χ0v) is 25.1. The standard InChI is InChI=1S/C43H29N3/c1-3-13-33(14-4-1)41-44-42(34-15-5-2-6-16-34)46-43(45-41)38-21-10-20-37(29-38)36-19-9-18-35(28-36)30-24-26-32(27-25-30)40-23-11-17-31-12-7-8-22-39(31)40/h1-29H. The summed E-state index contributed by atoms with van der Waals surface area (Å²) in [6.45, 7) is 0. The first-order valence-corrected chi connectivity index (χ1v) is 15.4. The number of aromatic nitrogens is 3. The number of rotatable bonds is 6. The van der Waals surface area contributed by atoms with E-state index in [1.165, 1.54) is 33.0 Å². The lowest BCUT2D eigenvalue weighted by atomic mass is 9.95. The Balaban J connectivity index is 1.14. The third kappa shape index (κ3) is 5.47. The Bertz CT molecular complexity index is 2230. The van der Waals surface area contributed by atoms with Crippen LogP contribution in [-0.2, 0) is 0 Å². The third-order valence-electron chi connectivity index (χ3n) is 8.33. The maximum Gasteiger partial charge on any atom is 0.164 e. The summed E-state index contributed by atoms with van der Waals surface area (Å²) in [4.78, 5) is 14.7. The van der Waals surface area contributed by atoms with Crippen molar-refractivity contribution in [1.29, 1.82) is 0 Å². The molecule has 0 unspecified atom stereocenters. The van der Waals surface area contributed by atoms with E-state index in [9.17, 15) is 0 Å². The van der Waals surface area contributed by atoms with Crippen LogP contribution in [-0.4, -0.2) is 15.0 Å². The van der Waals surface area contributed by atoms with E-state index < -0.39 is 0 Å². The van der Waals surface area contributed by atoms with Gasteiger partial charge in [-0.1, -0.05) is 164 Å². The van der Waals surface area contributed by atoms with E-state index in [0.717, 1.165) is 27.8 Å². The molecule has 0 bridgehead atoms. The molecule has 7 aromatic carbocycles. The summed E-state index contributed by atoms with van der Waals surface area (Å²) >= 11 is 0. The summed E-state index contributed by atoms with van der Waals surface area (Å²) in [5.41, 5.74) is 9.92. The molecule has 0 radical (unpaired) electrons. The minimum absolute atomic E-state index is 0.648. The zero-order valence-electron chi connectivity index (χ0n) is 25.1. The van der Waals surface area contributed by atoms with Crippen molar-refractivity contribution in [1.82, 2.24) is 15.0 Å². The molecule has 1 heterocycles. The van der Waals surface area contributed by atoms with Crippen molar-refractivity contribution in [3.05, 3.63) is 176 Å². The average molecular weight is 588 g/mol. The van der Waals surface area contributed by atoms with Crippen LogP contribution >= 0.6 is 0 Å². The van der Waals surface area contributed by atoms with Crippen molar-refractivity contribution < 1.29 is 0 Å². The van der Waals surface area contributed by atoms with Gasteiger partial charge >= 0.3 is 0 Å². The number of hydrogen-bond acceptors (Lipinski definition) is 3. The number of hydrogen-bond donors (Lipinski definition) is 0. The molecule has 0 aliphatic heterocycles. The van der Waals surface area contributed by atoms with Crippen LogP contribution in [0.1, 0.15) is 0 Å². The van der Waals surface area contributed by atoms with Gasteiger partial charge in [0.05, 0.1) is 0 Å². The largest absolute Gasteiger partial charge is 0.208 e. The van der Waals surface area contributed by atoms with Gasteiger partial charge < -0.3 is 0 Å². The topological polar surface area (TPSA) is 38.7 Å². The fraction of sp³-hybridized carbons (Fsp3) is 0. The summed E-state index contributed by atoms with van der Waals surface area (Å²) in [6, 6.07) is 61.2. The second-order valence-electron chi connectivity index (χ2n) is 11.3. The first-order valence-electron chi connectivity index (χ1n) is 15.4. The third-order valence-corrected chi connectivity index (χ3v) is 8.33. The van der Waals surface area contributed by atoms with E-state index in [4.69, 9.17) is 15.0 Å². The molecule has 8 aromatic rings. The fourth-order valence-corrected chi connectivity index (χ4v) is 5.97. The Morgan fingerprint density at radius 1 is 0.261 bits per heavy atom. The van der Waals surface area contributed by atoms with Crippen LogP contribution < -0.4 is 0 Å². The molecule has 0 fully saturated rings. The lowest BCUT2D eigenvalue weighted by molar-refractivity contribution is 1.07. The van der Waals surface area contributed by atoms with Gasteiger partial charge in [0.25, 0.3) is 0 Å². The van der Waals surface area contributed by atoms with Crippen LogP contribution in [0, 0.1) is 0 Å². The highest BCUT2D eigenvalue weighted by atomic mass is 15.0. The van der Waals surface area contributed by atoms with Crippen LogP contribution in [0.5, 0.6) is 0 Å². The van der Waals surface area contributed by atoms with Gasteiger partial charge in [-0.2, -0.15) is 0 Å². The van der Waals surface area contributed by atoms with E-state index in [-0.39, 0.29) is 0 Å². The number of nitrogens with zero attached hydrogens (tertiary/aromatic N) is 3. The quantitative estimate of drug-likeness (QED) is 0.194. The Labute approximate surface area is 268 Å². The van der Waals surface area contributed by atoms with E-state index >= 15 is 0 Å². The summed E-state index contributed by atoms with van der Waals surface area (Å²) in [6.07, 6.45) is 0. The van der Waals surface area contributed by atoms with Gasteiger partial charge in [0.15, 0.2) is 17.5 Å². The molecule has 0 aliphatic carbocycles. The van der Waals surface area contributed by atoms with Crippen LogP contribution in [0.3, 0.4) is 0 Å². The summed E-state index contributed by atoms with van der Waals surface area (Å²) in [5.74, 6) is 1.96. The van der Waals surface area contributed by atoms with Crippen LogP contribution in [0.4, 0.5) is 0 Å². The van der Waals surface area contributed by atoms with E-state index in [2.05, 4.69) is 115 Å². The first-order chi connectivity index (χ1) is 22.8. The molecule has 0 atom stereocenters. The van der Waals surface area contributed by atoms with Crippen molar-refractivity contribution in [3.63, 3.8) is 0 Å². The predicted octanol–water partition coefficient (Wildman–Crippen LogP) is 11.0. The molecule has 1 aromatic heterocycles. The minimum Gasteiger partial charge on any atom is -0.208 e. The van der Waals surface area contributed by atoms with Crippen LogP contribution in [0.2, 0.25) is 0 Å².